The number of aliphatic hydroxyl groups excluding tert-OH is 1. The molecule has 1 saturated heterocycles. The first-order valence-corrected chi connectivity index (χ1v) is 10.0. The van der Waals surface area contributed by atoms with E-state index in [1.165, 1.54) is 7.11 Å². The molecule has 10 nitrogen and oxygen atoms in total. The number of imidazole rings is 1. The molecule has 4 aromatic rings. The average molecular weight is 422 g/mol. The van der Waals surface area contributed by atoms with Crippen LogP contribution in [0.1, 0.15) is 11.4 Å². The van der Waals surface area contributed by atoms with Gasteiger partial charge in [0.25, 0.3) is 0 Å². The van der Waals surface area contributed by atoms with Crippen LogP contribution in [-0.4, -0.2) is 69.1 Å². The van der Waals surface area contributed by atoms with Gasteiger partial charge in [-0.3, -0.25) is 14.3 Å². The summed E-state index contributed by atoms with van der Waals surface area (Å²) in [5.41, 5.74) is 4.11. The minimum absolute atomic E-state index is 0.0399. The van der Waals surface area contributed by atoms with Gasteiger partial charge < -0.3 is 19.5 Å². The molecule has 5 rings (SSSR count). The number of anilines is 1. The summed E-state index contributed by atoms with van der Waals surface area (Å²) >= 11 is 0. The first kappa shape index (κ1) is 19.5. The fourth-order valence-corrected chi connectivity index (χ4v) is 3.96. The quantitative estimate of drug-likeness (QED) is 0.463. The summed E-state index contributed by atoms with van der Waals surface area (Å²) in [7, 11) is 1.35. The lowest BCUT2D eigenvalue weighted by atomic mass is 10.1. The van der Waals surface area contributed by atoms with Crippen molar-refractivity contribution in [1.82, 2.24) is 24.6 Å². The van der Waals surface area contributed by atoms with Gasteiger partial charge in [-0.25, -0.2) is 9.97 Å². The first-order valence-electron chi connectivity index (χ1n) is 10.0. The van der Waals surface area contributed by atoms with E-state index in [4.69, 9.17) is 14.5 Å². The zero-order valence-corrected chi connectivity index (χ0v) is 17.0. The topological polar surface area (TPSA) is 118 Å². The number of nitrogens with zero attached hydrogens (tertiary/aromatic N) is 5. The molecule has 0 amide bonds. The van der Waals surface area contributed by atoms with Crippen LogP contribution in [0.25, 0.3) is 27.8 Å². The number of aromatic nitrogens is 5. The minimum atomic E-state index is -0.377. The molecular formula is C21H22N6O4. The smallest absolute Gasteiger partial charge is 0.311 e. The predicted octanol–water partition coefficient (Wildman–Crippen LogP) is 1.32. The number of H-pyrrole nitrogens is 1. The number of aliphatic hydroxyl groups is 1. The van der Waals surface area contributed by atoms with Crippen molar-refractivity contribution < 1.29 is 19.4 Å². The van der Waals surface area contributed by atoms with E-state index in [-0.39, 0.29) is 19.0 Å². The summed E-state index contributed by atoms with van der Waals surface area (Å²) in [5.74, 6) is 0.310. The van der Waals surface area contributed by atoms with Crippen LogP contribution in [-0.2, 0) is 27.3 Å². The Kier molecular flexibility index (Phi) is 5.00. The van der Waals surface area contributed by atoms with E-state index in [1.807, 2.05) is 22.6 Å². The molecule has 0 spiro atoms. The van der Waals surface area contributed by atoms with Crippen LogP contribution in [0.15, 0.2) is 30.6 Å². The van der Waals surface area contributed by atoms with Gasteiger partial charge in [-0.15, -0.1) is 0 Å². The summed E-state index contributed by atoms with van der Waals surface area (Å²) in [6.07, 6.45) is 3.56. The Bertz CT molecular complexity index is 1260. The third-order valence-corrected chi connectivity index (χ3v) is 5.49. The molecule has 3 aromatic heterocycles. The Labute approximate surface area is 177 Å². The number of carbonyl (C=O) groups is 1. The molecule has 0 aliphatic carbocycles. The molecule has 1 aliphatic heterocycles. The van der Waals surface area contributed by atoms with Crippen molar-refractivity contribution in [3.8, 4) is 11.3 Å². The van der Waals surface area contributed by atoms with Gasteiger partial charge in [0.2, 0.25) is 0 Å². The number of ether oxygens (including phenoxy) is 2. The summed E-state index contributed by atoms with van der Waals surface area (Å²) in [6, 6.07) is 5.83. The van der Waals surface area contributed by atoms with Gasteiger partial charge in [-0.2, -0.15) is 5.10 Å². The van der Waals surface area contributed by atoms with Gasteiger partial charge in [-0.05, 0) is 6.07 Å². The van der Waals surface area contributed by atoms with E-state index in [9.17, 15) is 9.90 Å². The number of morpholine rings is 1. The second-order valence-corrected chi connectivity index (χ2v) is 7.30. The number of nitrogens with one attached hydrogen (secondary N) is 1. The number of methoxy groups -OCH3 is 1. The van der Waals surface area contributed by atoms with E-state index in [0.29, 0.717) is 54.9 Å². The molecule has 0 saturated carbocycles. The van der Waals surface area contributed by atoms with Gasteiger partial charge in [0.15, 0.2) is 11.5 Å². The molecule has 2 N–H and O–H groups in total. The number of benzene rings is 1. The van der Waals surface area contributed by atoms with Crippen LogP contribution in [0.2, 0.25) is 0 Å². The number of aromatic amines is 1. The summed E-state index contributed by atoms with van der Waals surface area (Å²) in [5, 5.41) is 18.3. The molecule has 0 atom stereocenters. The normalized spacial score (nSPS) is 14.5. The number of rotatable bonds is 5. The van der Waals surface area contributed by atoms with E-state index in [1.54, 1.807) is 12.4 Å². The van der Waals surface area contributed by atoms with Crippen molar-refractivity contribution in [3.63, 3.8) is 0 Å². The second kappa shape index (κ2) is 7.97. The number of carbonyl (C=O) groups excluding carboxylic acids is 1. The molecule has 4 heterocycles. The van der Waals surface area contributed by atoms with Gasteiger partial charge in [0.05, 0.1) is 62.1 Å². The fraction of sp³-hybridized carbons (Fsp3) is 0.333. The maximum atomic E-state index is 11.8. The highest BCUT2D eigenvalue weighted by Gasteiger charge is 2.24. The molecule has 0 bridgehead atoms. The standard InChI is InChI=1S/C21H22N6O4/c1-30-18(29)9-13-11-27-17(12-28)19(14-3-2-4-16-15(14)10-22-25-16)24-20(21(27)23-13)26-5-7-31-8-6-26/h2-4,10-11,28H,5-9,12H2,1H3,(H,22,25). The Morgan fingerprint density at radius 1 is 1.29 bits per heavy atom. The zero-order chi connectivity index (χ0) is 21.4. The van der Waals surface area contributed by atoms with E-state index in [2.05, 4.69) is 20.1 Å². The fourth-order valence-electron chi connectivity index (χ4n) is 3.96. The molecule has 1 fully saturated rings. The largest absolute Gasteiger partial charge is 0.469 e. The third-order valence-electron chi connectivity index (χ3n) is 5.49. The molecule has 1 aromatic carbocycles. The minimum Gasteiger partial charge on any atom is -0.469 e. The van der Waals surface area contributed by atoms with Crippen molar-refractivity contribution >= 4 is 28.3 Å². The summed E-state index contributed by atoms with van der Waals surface area (Å²) < 4.78 is 12.1. The van der Waals surface area contributed by atoms with E-state index in [0.717, 1.165) is 16.5 Å². The second-order valence-electron chi connectivity index (χ2n) is 7.30. The number of hydrogen-bond donors (Lipinski definition) is 2. The monoisotopic (exact) mass is 422 g/mol. The number of fused-ring (bicyclic) bond motifs is 2. The highest BCUT2D eigenvalue weighted by molar-refractivity contribution is 5.94. The van der Waals surface area contributed by atoms with Crippen molar-refractivity contribution in [2.45, 2.75) is 13.0 Å². The Morgan fingerprint density at radius 3 is 2.90 bits per heavy atom. The maximum Gasteiger partial charge on any atom is 0.311 e. The molecule has 0 radical (unpaired) electrons. The molecule has 10 heteroatoms. The number of hydrogen-bond acceptors (Lipinski definition) is 8. The first-order chi connectivity index (χ1) is 15.2. The number of esters is 1. The van der Waals surface area contributed by atoms with Crippen LogP contribution >= 0.6 is 0 Å². The Morgan fingerprint density at radius 2 is 2.13 bits per heavy atom. The van der Waals surface area contributed by atoms with Crippen molar-refractivity contribution in [2.24, 2.45) is 0 Å². The van der Waals surface area contributed by atoms with E-state index < -0.39 is 0 Å². The van der Waals surface area contributed by atoms with Crippen molar-refractivity contribution in [1.29, 1.82) is 0 Å². The third kappa shape index (κ3) is 3.39. The van der Waals surface area contributed by atoms with Gasteiger partial charge in [0, 0.05) is 30.2 Å². The van der Waals surface area contributed by atoms with Crippen molar-refractivity contribution in [2.75, 3.05) is 38.3 Å². The predicted molar refractivity (Wildman–Crippen MR) is 113 cm³/mol. The Balaban J connectivity index is 1.76. The lowest BCUT2D eigenvalue weighted by Crippen LogP contribution is -2.37. The highest BCUT2D eigenvalue weighted by atomic mass is 16.5. The lowest BCUT2D eigenvalue weighted by molar-refractivity contribution is -0.139. The zero-order valence-electron chi connectivity index (χ0n) is 17.0. The van der Waals surface area contributed by atoms with Crippen LogP contribution in [0, 0.1) is 0 Å². The molecular weight excluding hydrogens is 400 g/mol. The highest BCUT2D eigenvalue weighted by Crippen LogP contribution is 2.33. The van der Waals surface area contributed by atoms with E-state index >= 15 is 0 Å². The lowest BCUT2D eigenvalue weighted by Gasteiger charge is -2.29. The van der Waals surface area contributed by atoms with Gasteiger partial charge >= 0.3 is 5.97 Å². The van der Waals surface area contributed by atoms with Crippen LogP contribution < -0.4 is 4.90 Å². The van der Waals surface area contributed by atoms with Crippen LogP contribution in [0.4, 0.5) is 5.82 Å². The van der Waals surface area contributed by atoms with Crippen LogP contribution in [0.3, 0.4) is 0 Å². The van der Waals surface area contributed by atoms with Gasteiger partial charge in [-0.1, -0.05) is 12.1 Å². The molecule has 31 heavy (non-hydrogen) atoms. The maximum absolute atomic E-state index is 11.8. The summed E-state index contributed by atoms with van der Waals surface area (Å²) in [4.78, 5) is 23.6. The molecule has 1 aliphatic rings. The summed E-state index contributed by atoms with van der Waals surface area (Å²) in [6.45, 7) is 2.30. The van der Waals surface area contributed by atoms with Gasteiger partial charge in [0.1, 0.15) is 0 Å². The van der Waals surface area contributed by atoms with Crippen molar-refractivity contribution in [3.05, 3.63) is 42.0 Å². The molecule has 0 unspecified atom stereocenters. The van der Waals surface area contributed by atoms with Crippen LogP contribution in [0.5, 0.6) is 0 Å². The SMILES string of the molecule is COC(=O)Cc1cn2c(CO)c(-c3cccc4[nH]ncc34)nc(N3CCOCC3)c2n1. The molecule has 160 valence electrons. The Hall–Kier alpha value is -3.50. The average Bonchev–Trinajstić information content (AvgIpc) is 3.45.